The van der Waals surface area contributed by atoms with Crippen LogP contribution in [-0.4, -0.2) is 12.8 Å². The topological polar surface area (TPSA) is 52.6 Å². The Kier molecular flexibility index (Phi) is 4.17. The van der Waals surface area contributed by atoms with E-state index in [9.17, 15) is 22.5 Å². The van der Waals surface area contributed by atoms with E-state index in [1.807, 2.05) is 0 Å². The van der Waals surface area contributed by atoms with Crippen LogP contribution in [-0.2, 0) is 15.5 Å². The van der Waals surface area contributed by atoms with Gasteiger partial charge in [-0.1, -0.05) is 12.1 Å². The van der Waals surface area contributed by atoms with Crippen molar-refractivity contribution in [3.8, 4) is 5.75 Å². The second-order valence-corrected chi connectivity index (χ2v) is 4.06. The standard InChI is InChI=1S/C9H8F3O4P/c1-15-8(13)17(14)16-7-5-3-2-4-6(7)9(10,11)12/h2-5,17H,1H3. The Morgan fingerprint density at radius 1 is 1.29 bits per heavy atom. The lowest BCUT2D eigenvalue weighted by Gasteiger charge is -2.12. The zero-order valence-electron chi connectivity index (χ0n) is 8.58. The van der Waals surface area contributed by atoms with Gasteiger partial charge in [-0.3, -0.25) is 4.57 Å². The number of carbonyl (C=O) groups is 1. The minimum atomic E-state index is -4.64. The smallest absolute Gasteiger partial charge is 0.419 e. The number of ether oxygens (including phenoxy) is 1. The highest BCUT2D eigenvalue weighted by Crippen LogP contribution is 2.39. The maximum Gasteiger partial charge on any atom is 0.419 e. The number of carbonyl (C=O) groups excluding carboxylic acids is 1. The fraction of sp³-hybridized carbons (Fsp3) is 0.222. The van der Waals surface area contributed by atoms with Gasteiger partial charge in [-0.05, 0) is 12.1 Å². The maximum absolute atomic E-state index is 12.5. The van der Waals surface area contributed by atoms with Crippen LogP contribution in [0.25, 0.3) is 0 Å². The second kappa shape index (κ2) is 5.23. The monoisotopic (exact) mass is 268 g/mol. The third kappa shape index (κ3) is 3.49. The first-order valence-electron chi connectivity index (χ1n) is 4.32. The second-order valence-electron chi connectivity index (χ2n) is 2.88. The van der Waals surface area contributed by atoms with Crippen molar-refractivity contribution in [3.63, 3.8) is 0 Å². The minimum absolute atomic E-state index is 0.658. The number of rotatable bonds is 3. The van der Waals surface area contributed by atoms with Crippen LogP contribution in [0.5, 0.6) is 5.75 Å². The Labute approximate surface area is 95.2 Å². The molecule has 1 rings (SSSR count). The summed E-state index contributed by atoms with van der Waals surface area (Å²) in [6.07, 6.45) is -4.64. The van der Waals surface area contributed by atoms with E-state index in [4.69, 9.17) is 0 Å². The molecule has 4 nitrogen and oxygen atoms in total. The molecular formula is C9H8F3O4P. The molecule has 8 heteroatoms. The van der Waals surface area contributed by atoms with Gasteiger partial charge in [0.15, 0.2) is 0 Å². The van der Waals surface area contributed by atoms with Crippen molar-refractivity contribution in [2.45, 2.75) is 6.18 Å². The van der Waals surface area contributed by atoms with Crippen molar-refractivity contribution in [1.29, 1.82) is 0 Å². The summed E-state index contributed by atoms with van der Waals surface area (Å²) in [6.45, 7) is 0. The number of hydrogen-bond donors (Lipinski definition) is 0. The molecule has 0 aliphatic rings. The number of methoxy groups -OCH3 is 1. The first-order valence-corrected chi connectivity index (χ1v) is 5.64. The van der Waals surface area contributed by atoms with Gasteiger partial charge in [-0.25, -0.2) is 4.79 Å². The molecule has 1 aromatic carbocycles. The molecule has 0 saturated carbocycles. The SMILES string of the molecule is COC(=O)[PH](=O)Oc1ccccc1C(F)(F)F. The highest BCUT2D eigenvalue weighted by atomic mass is 31.1. The van der Waals surface area contributed by atoms with E-state index in [1.54, 1.807) is 0 Å². The number of para-hydroxylation sites is 1. The molecule has 0 radical (unpaired) electrons. The van der Waals surface area contributed by atoms with Crippen LogP contribution in [0.2, 0.25) is 0 Å². The minimum Gasteiger partial charge on any atom is -0.461 e. The molecule has 0 aromatic heterocycles. The molecule has 0 bridgehead atoms. The molecule has 1 atom stereocenters. The van der Waals surface area contributed by atoms with Crippen molar-refractivity contribution in [1.82, 2.24) is 0 Å². The van der Waals surface area contributed by atoms with Crippen LogP contribution in [0.4, 0.5) is 18.0 Å². The zero-order valence-corrected chi connectivity index (χ0v) is 9.58. The molecule has 0 fully saturated rings. The van der Waals surface area contributed by atoms with E-state index >= 15 is 0 Å². The summed E-state index contributed by atoms with van der Waals surface area (Å²) >= 11 is 0. The van der Waals surface area contributed by atoms with Crippen molar-refractivity contribution in [2.24, 2.45) is 0 Å². The third-order valence-electron chi connectivity index (χ3n) is 1.75. The molecule has 0 aliphatic carbocycles. The van der Waals surface area contributed by atoms with Gasteiger partial charge in [0.1, 0.15) is 5.75 Å². The molecule has 17 heavy (non-hydrogen) atoms. The lowest BCUT2D eigenvalue weighted by molar-refractivity contribution is -0.138. The Bertz CT molecular complexity index is 444. The summed E-state index contributed by atoms with van der Waals surface area (Å²) < 4.78 is 57.2. The number of benzene rings is 1. The van der Waals surface area contributed by atoms with Crippen molar-refractivity contribution >= 4 is 13.7 Å². The highest BCUT2D eigenvalue weighted by molar-refractivity contribution is 7.58. The molecule has 0 heterocycles. The number of hydrogen-bond acceptors (Lipinski definition) is 4. The van der Waals surface area contributed by atoms with Crippen LogP contribution in [0, 0.1) is 0 Å². The van der Waals surface area contributed by atoms with Gasteiger partial charge in [-0.15, -0.1) is 0 Å². The Hall–Kier alpha value is -1.49. The van der Waals surface area contributed by atoms with Crippen LogP contribution >= 0.6 is 8.03 Å². The van der Waals surface area contributed by atoms with Gasteiger partial charge in [0.25, 0.3) is 0 Å². The van der Waals surface area contributed by atoms with Gasteiger partial charge in [0, 0.05) is 0 Å². The summed E-state index contributed by atoms with van der Waals surface area (Å²) in [7, 11) is -2.40. The summed E-state index contributed by atoms with van der Waals surface area (Å²) in [5.74, 6) is -0.658. The van der Waals surface area contributed by atoms with Gasteiger partial charge in [0.2, 0.25) is 0 Å². The van der Waals surface area contributed by atoms with E-state index < -0.39 is 31.2 Å². The molecule has 0 saturated heterocycles. The summed E-state index contributed by atoms with van der Waals surface area (Å²) in [6, 6.07) is 4.18. The van der Waals surface area contributed by atoms with Gasteiger partial charge < -0.3 is 9.26 Å². The van der Waals surface area contributed by atoms with E-state index in [2.05, 4.69) is 9.26 Å². The average Bonchev–Trinajstić information content (AvgIpc) is 2.27. The van der Waals surface area contributed by atoms with Crippen LogP contribution in [0.15, 0.2) is 24.3 Å². The predicted molar refractivity (Wildman–Crippen MR) is 53.5 cm³/mol. The Balaban J connectivity index is 3.00. The first kappa shape index (κ1) is 13.6. The lowest BCUT2D eigenvalue weighted by Crippen LogP contribution is -2.07. The molecular weight excluding hydrogens is 260 g/mol. The van der Waals surface area contributed by atoms with Gasteiger partial charge in [0.05, 0.1) is 12.7 Å². The molecule has 0 amide bonds. The zero-order chi connectivity index (χ0) is 13.1. The predicted octanol–water partition coefficient (Wildman–Crippen LogP) is 3.33. The molecule has 1 aromatic rings. The van der Waals surface area contributed by atoms with Crippen molar-refractivity contribution in [2.75, 3.05) is 7.11 Å². The molecule has 0 spiro atoms. The van der Waals surface area contributed by atoms with E-state index in [0.717, 1.165) is 25.3 Å². The molecule has 0 aliphatic heterocycles. The number of halogens is 3. The van der Waals surface area contributed by atoms with Crippen LogP contribution in [0.3, 0.4) is 0 Å². The summed E-state index contributed by atoms with van der Waals surface area (Å²) in [5.41, 5.74) is -2.28. The quantitative estimate of drug-likeness (QED) is 0.789. The Morgan fingerprint density at radius 3 is 2.41 bits per heavy atom. The first-order chi connectivity index (χ1) is 7.86. The average molecular weight is 268 g/mol. The highest BCUT2D eigenvalue weighted by Gasteiger charge is 2.34. The summed E-state index contributed by atoms with van der Waals surface area (Å²) in [5, 5.41) is 0. The van der Waals surface area contributed by atoms with Crippen LogP contribution < -0.4 is 4.52 Å². The summed E-state index contributed by atoms with van der Waals surface area (Å²) in [4.78, 5) is 10.8. The van der Waals surface area contributed by atoms with E-state index in [0.29, 0.717) is 0 Å². The molecule has 94 valence electrons. The largest absolute Gasteiger partial charge is 0.461 e. The fourth-order valence-electron chi connectivity index (χ4n) is 1.01. The third-order valence-corrected chi connectivity index (χ3v) is 2.69. The Morgan fingerprint density at radius 2 is 1.88 bits per heavy atom. The molecule has 1 unspecified atom stereocenters. The van der Waals surface area contributed by atoms with Crippen molar-refractivity contribution < 1.29 is 31.8 Å². The fourth-order valence-corrected chi connectivity index (χ4v) is 1.64. The molecule has 0 N–H and O–H groups in total. The van der Waals surface area contributed by atoms with Gasteiger partial charge >= 0.3 is 19.9 Å². The van der Waals surface area contributed by atoms with E-state index in [1.165, 1.54) is 6.07 Å². The normalized spacial score (nSPS) is 12.9. The van der Waals surface area contributed by atoms with E-state index in [-0.39, 0.29) is 0 Å². The van der Waals surface area contributed by atoms with Gasteiger partial charge in [-0.2, -0.15) is 13.2 Å². The maximum atomic E-state index is 12.5. The van der Waals surface area contributed by atoms with Crippen LogP contribution in [0.1, 0.15) is 5.56 Å². The number of alkyl halides is 3. The lowest BCUT2D eigenvalue weighted by atomic mass is 10.2. The van der Waals surface area contributed by atoms with Crippen molar-refractivity contribution in [3.05, 3.63) is 29.8 Å².